The fraction of sp³-hybridized carbons (Fsp3) is 0. The minimum Gasteiger partial charge on any atom is -0.478 e. The molecule has 5 heteroatoms. The molecule has 0 radical (unpaired) electrons. The van der Waals surface area contributed by atoms with E-state index < -0.39 is 5.97 Å². The van der Waals surface area contributed by atoms with Crippen molar-refractivity contribution in [1.82, 2.24) is 0 Å². The van der Waals surface area contributed by atoms with Crippen LogP contribution in [-0.4, -0.2) is 16.3 Å². The van der Waals surface area contributed by atoms with Crippen LogP contribution in [0.2, 0.25) is 5.02 Å². The molecule has 0 spiro atoms. The Balaban J connectivity index is 3.13. The fourth-order valence-corrected chi connectivity index (χ4v) is 0.904. The van der Waals surface area contributed by atoms with Gasteiger partial charge in [0.1, 0.15) is 0 Å². The van der Waals surface area contributed by atoms with Gasteiger partial charge in [-0.2, -0.15) is 0 Å². The van der Waals surface area contributed by atoms with Crippen molar-refractivity contribution < 1.29 is 15.1 Å². The van der Waals surface area contributed by atoms with Gasteiger partial charge in [-0.15, -0.1) is 0 Å². The summed E-state index contributed by atoms with van der Waals surface area (Å²) < 4.78 is 0. The number of hydrogen-bond acceptors (Lipinski definition) is 3. The van der Waals surface area contributed by atoms with E-state index in [2.05, 4.69) is 0 Å². The van der Waals surface area contributed by atoms with Crippen LogP contribution in [0.3, 0.4) is 0 Å². The van der Waals surface area contributed by atoms with Crippen molar-refractivity contribution >= 4 is 23.3 Å². The van der Waals surface area contributed by atoms with Crippen molar-refractivity contribution in [3.8, 4) is 0 Å². The molecule has 0 heterocycles. The third-order valence-corrected chi connectivity index (χ3v) is 1.66. The monoisotopic (exact) mass is 187 g/mol. The average molecular weight is 188 g/mol. The van der Waals surface area contributed by atoms with Crippen LogP contribution in [-0.2, 0) is 0 Å². The second-order valence-corrected chi connectivity index (χ2v) is 2.52. The molecule has 1 aromatic carbocycles. The molecule has 0 fully saturated rings. The van der Waals surface area contributed by atoms with Crippen molar-refractivity contribution in [3.05, 3.63) is 28.8 Å². The van der Waals surface area contributed by atoms with Crippen LogP contribution in [0, 0.1) is 0 Å². The van der Waals surface area contributed by atoms with E-state index in [0.717, 1.165) is 0 Å². The molecular formula is C7H6ClNO3. The second kappa shape index (κ2) is 3.42. The lowest BCUT2D eigenvalue weighted by molar-refractivity contribution is 0.0697. The maximum Gasteiger partial charge on any atom is 0.335 e. The Morgan fingerprint density at radius 3 is 2.67 bits per heavy atom. The molecule has 3 N–H and O–H groups in total. The first-order valence-electron chi connectivity index (χ1n) is 3.08. The van der Waals surface area contributed by atoms with E-state index in [1.165, 1.54) is 18.2 Å². The van der Waals surface area contributed by atoms with E-state index in [1.54, 1.807) is 5.48 Å². The summed E-state index contributed by atoms with van der Waals surface area (Å²) in [7, 11) is 0. The third-order valence-electron chi connectivity index (χ3n) is 1.33. The van der Waals surface area contributed by atoms with Gasteiger partial charge >= 0.3 is 5.97 Å². The first-order chi connectivity index (χ1) is 5.65. The number of aromatic carboxylic acids is 1. The van der Waals surface area contributed by atoms with Crippen molar-refractivity contribution in [2.45, 2.75) is 0 Å². The van der Waals surface area contributed by atoms with Gasteiger partial charge < -0.3 is 5.11 Å². The van der Waals surface area contributed by atoms with Gasteiger partial charge in [-0.1, -0.05) is 11.6 Å². The Kier molecular flexibility index (Phi) is 2.52. The smallest absolute Gasteiger partial charge is 0.335 e. The first-order valence-corrected chi connectivity index (χ1v) is 3.46. The predicted molar refractivity (Wildman–Crippen MR) is 43.8 cm³/mol. The summed E-state index contributed by atoms with van der Waals surface area (Å²) in [5.41, 5.74) is 2.04. The summed E-state index contributed by atoms with van der Waals surface area (Å²) in [5, 5.41) is 17.3. The molecule has 0 aliphatic carbocycles. The molecular weight excluding hydrogens is 182 g/mol. The molecule has 64 valence electrons. The minimum atomic E-state index is -1.07. The van der Waals surface area contributed by atoms with Gasteiger partial charge in [-0.3, -0.25) is 10.7 Å². The van der Waals surface area contributed by atoms with Crippen LogP contribution in [0.4, 0.5) is 5.69 Å². The van der Waals surface area contributed by atoms with E-state index in [4.69, 9.17) is 21.9 Å². The van der Waals surface area contributed by atoms with Crippen LogP contribution in [0.5, 0.6) is 0 Å². The molecule has 0 saturated heterocycles. The van der Waals surface area contributed by atoms with Gasteiger partial charge in [-0.25, -0.2) is 4.79 Å². The zero-order chi connectivity index (χ0) is 9.14. The normalized spacial score (nSPS) is 9.50. The summed E-state index contributed by atoms with van der Waals surface area (Å²) >= 11 is 5.59. The van der Waals surface area contributed by atoms with Crippen LogP contribution in [0.1, 0.15) is 10.4 Å². The minimum absolute atomic E-state index is 0.0657. The number of nitrogens with one attached hydrogen (secondary N) is 1. The lowest BCUT2D eigenvalue weighted by atomic mass is 10.2. The van der Waals surface area contributed by atoms with Crippen molar-refractivity contribution in [1.29, 1.82) is 0 Å². The number of carboxylic acids is 1. The number of anilines is 1. The molecule has 1 rings (SSSR count). The van der Waals surface area contributed by atoms with Gasteiger partial charge in [0.25, 0.3) is 0 Å². The quantitative estimate of drug-likeness (QED) is 0.618. The highest BCUT2D eigenvalue weighted by atomic mass is 35.5. The molecule has 1 aromatic rings. The summed E-state index contributed by atoms with van der Waals surface area (Å²) in [6.07, 6.45) is 0. The maximum absolute atomic E-state index is 10.4. The van der Waals surface area contributed by atoms with Gasteiger partial charge in [0, 0.05) is 0 Å². The predicted octanol–water partition coefficient (Wildman–Crippen LogP) is 1.84. The Hall–Kier alpha value is -1.26. The van der Waals surface area contributed by atoms with Crippen molar-refractivity contribution in [3.63, 3.8) is 0 Å². The van der Waals surface area contributed by atoms with Crippen molar-refractivity contribution in [2.24, 2.45) is 0 Å². The maximum atomic E-state index is 10.4. The zero-order valence-electron chi connectivity index (χ0n) is 5.91. The molecule has 4 nitrogen and oxygen atoms in total. The number of rotatable bonds is 2. The van der Waals surface area contributed by atoms with Crippen LogP contribution in [0.15, 0.2) is 18.2 Å². The molecule has 0 amide bonds. The summed E-state index contributed by atoms with van der Waals surface area (Å²) in [5.74, 6) is -1.07. The Bertz CT molecular complexity index is 314. The highest BCUT2D eigenvalue weighted by molar-refractivity contribution is 6.33. The standard InChI is InChI=1S/C7H6ClNO3/c8-5-2-1-4(7(10)11)3-6(5)9-12/h1-3,9,12H,(H,10,11). The highest BCUT2D eigenvalue weighted by Gasteiger charge is 2.05. The molecule has 0 atom stereocenters. The van der Waals surface area contributed by atoms with Crippen LogP contribution in [0.25, 0.3) is 0 Å². The molecule has 0 aliphatic heterocycles. The molecule has 0 saturated carbocycles. The van der Waals surface area contributed by atoms with Crippen LogP contribution < -0.4 is 5.48 Å². The number of carboxylic acid groups (broad SMARTS) is 1. The molecule has 12 heavy (non-hydrogen) atoms. The van der Waals surface area contributed by atoms with Crippen LogP contribution >= 0.6 is 11.6 Å². The Morgan fingerprint density at radius 2 is 2.17 bits per heavy atom. The number of carbonyl (C=O) groups is 1. The van der Waals surface area contributed by atoms with E-state index in [1.807, 2.05) is 0 Å². The first kappa shape index (κ1) is 8.83. The Morgan fingerprint density at radius 1 is 1.50 bits per heavy atom. The summed E-state index contributed by atoms with van der Waals surface area (Å²) in [6.45, 7) is 0. The van der Waals surface area contributed by atoms with Gasteiger partial charge in [-0.05, 0) is 18.2 Å². The highest BCUT2D eigenvalue weighted by Crippen LogP contribution is 2.22. The average Bonchev–Trinajstić information content (AvgIpc) is 2.05. The largest absolute Gasteiger partial charge is 0.478 e. The molecule has 0 aliphatic rings. The SMILES string of the molecule is O=C(O)c1ccc(Cl)c(NO)c1. The van der Waals surface area contributed by atoms with E-state index in [9.17, 15) is 4.79 Å². The lowest BCUT2D eigenvalue weighted by Gasteiger charge is -2.02. The lowest BCUT2D eigenvalue weighted by Crippen LogP contribution is -1.98. The van der Waals surface area contributed by atoms with E-state index >= 15 is 0 Å². The third kappa shape index (κ3) is 1.66. The fourth-order valence-electron chi connectivity index (χ4n) is 0.744. The van der Waals surface area contributed by atoms with Crippen molar-refractivity contribution in [2.75, 3.05) is 5.48 Å². The van der Waals surface area contributed by atoms with E-state index in [-0.39, 0.29) is 16.3 Å². The van der Waals surface area contributed by atoms with Gasteiger partial charge in [0.05, 0.1) is 16.3 Å². The molecule has 0 unspecified atom stereocenters. The number of hydrogen-bond donors (Lipinski definition) is 3. The molecule has 0 aromatic heterocycles. The van der Waals surface area contributed by atoms with E-state index in [0.29, 0.717) is 0 Å². The number of benzene rings is 1. The Labute approximate surface area is 73.4 Å². The second-order valence-electron chi connectivity index (χ2n) is 2.11. The summed E-state index contributed by atoms with van der Waals surface area (Å²) in [4.78, 5) is 10.4. The zero-order valence-corrected chi connectivity index (χ0v) is 6.67. The number of halogens is 1. The molecule has 0 bridgehead atoms. The van der Waals surface area contributed by atoms with Gasteiger partial charge in [0.2, 0.25) is 0 Å². The van der Waals surface area contributed by atoms with Gasteiger partial charge in [0.15, 0.2) is 0 Å². The summed E-state index contributed by atoms with van der Waals surface area (Å²) in [6, 6.07) is 3.99. The topological polar surface area (TPSA) is 69.6 Å².